The summed E-state index contributed by atoms with van der Waals surface area (Å²) in [6, 6.07) is 7.93. The molecule has 5 heteroatoms. The predicted octanol–water partition coefficient (Wildman–Crippen LogP) is 2.47. The Bertz CT molecular complexity index is 537. The van der Waals surface area contributed by atoms with E-state index < -0.39 is 0 Å². The van der Waals surface area contributed by atoms with Crippen LogP contribution in [0.15, 0.2) is 36.8 Å². The van der Waals surface area contributed by atoms with Gasteiger partial charge in [0.25, 0.3) is 0 Å². The zero-order valence-electron chi connectivity index (χ0n) is 11.5. The second-order valence-electron chi connectivity index (χ2n) is 4.98. The van der Waals surface area contributed by atoms with Crippen LogP contribution in [0.4, 0.5) is 11.6 Å². The monoisotopic (exact) mass is 269 g/mol. The van der Waals surface area contributed by atoms with Crippen molar-refractivity contribution in [3.05, 3.63) is 42.5 Å². The van der Waals surface area contributed by atoms with E-state index in [1.807, 2.05) is 24.3 Å². The molecule has 0 saturated carbocycles. The Morgan fingerprint density at radius 2 is 1.95 bits per heavy atom. The Morgan fingerprint density at radius 1 is 1.05 bits per heavy atom. The van der Waals surface area contributed by atoms with Crippen LogP contribution in [0.5, 0.6) is 0 Å². The van der Waals surface area contributed by atoms with Crippen LogP contribution in [0, 0.1) is 0 Å². The molecule has 0 atom stereocenters. The molecule has 3 rings (SSSR count). The number of nitrogens with one attached hydrogen (secondary N) is 1. The number of piperidine rings is 1. The quantitative estimate of drug-likeness (QED) is 0.924. The summed E-state index contributed by atoms with van der Waals surface area (Å²) in [5, 5.41) is 3.30. The Hall–Kier alpha value is -2.17. The van der Waals surface area contributed by atoms with E-state index in [-0.39, 0.29) is 0 Å². The normalized spacial score (nSPS) is 15.1. The minimum atomic E-state index is 0.678. The second kappa shape index (κ2) is 6.32. The van der Waals surface area contributed by atoms with E-state index in [2.05, 4.69) is 25.2 Å². The van der Waals surface area contributed by atoms with Crippen molar-refractivity contribution >= 4 is 11.6 Å². The molecule has 5 nitrogen and oxygen atoms in total. The Kier molecular flexibility index (Phi) is 4.06. The largest absolute Gasteiger partial charge is 0.364 e. The third-order valence-corrected chi connectivity index (χ3v) is 3.51. The van der Waals surface area contributed by atoms with Crippen molar-refractivity contribution in [2.24, 2.45) is 0 Å². The average Bonchev–Trinajstić information content (AvgIpc) is 2.55. The van der Waals surface area contributed by atoms with Crippen molar-refractivity contribution in [2.45, 2.75) is 25.8 Å². The predicted molar refractivity (Wildman–Crippen MR) is 79.7 cm³/mol. The third kappa shape index (κ3) is 3.23. The van der Waals surface area contributed by atoms with E-state index in [9.17, 15) is 0 Å². The van der Waals surface area contributed by atoms with Gasteiger partial charge in [-0.3, -0.25) is 4.98 Å². The van der Waals surface area contributed by atoms with E-state index >= 15 is 0 Å². The van der Waals surface area contributed by atoms with Crippen LogP contribution in [0.2, 0.25) is 0 Å². The standard InChI is InChI=1S/C15H19N5/c1-4-8-20(9-5-1)15-10-14(18-12-19-15)17-11-13-6-2-3-7-16-13/h2-3,6-7,10,12H,1,4-5,8-9,11H2,(H,17,18,19). The first-order chi connectivity index (χ1) is 9.92. The van der Waals surface area contributed by atoms with E-state index in [0.717, 1.165) is 30.4 Å². The summed E-state index contributed by atoms with van der Waals surface area (Å²) >= 11 is 0. The third-order valence-electron chi connectivity index (χ3n) is 3.51. The fraction of sp³-hybridized carbons (Fsp3) is 0.400. The lowest BCUT2D eigenvalue weighted by Crippen LogP contribution is -2.30. The van der Waals surface area contributed by atoms with Crippen molar-refractivity contribution in [2.75, 3.05) is 23.3 Å². The van der Waals surface area contributed by atoms with Crippen LogP contribution in [0.1, 0.15) is 25.0 Å². The van der Waals surface area contributed by atoms with Gasteiger partial charge in [-0.15, -0.1) is 0 Å². The lowest BCUT2D eigenvalue weighted by Gasteiger charge is -2.27. The highest BCUT2D eigenvalue weighted by Gasteiger charge is 2.12. The molecule has 2 aromatic heterocycles. The molecule has 0 unspecified atom stereocenters. The van der Waals surface area contributed by atoms with Crippen LogP contribution in [-0.4, -0.2) is 28.0 Å². The SMILES string of the molecule is c1ccc(CNc2cc(N3CCCCC3)ncn2)nc1. The molecule has 1 aliphatic rings. The molecule has 1 fully saturated rings. The van der Waals surface area contributed by atoms with Gasteiger partial charge >= 0.3 is 0 Å². The molecule has 2 aromatic rings. The van der Waals surface area contributed by atoms with Gasteiger partial charge in [0.1, 0.15) is 18.0 Å². The summed E-state index contributed by atoms with van der Waals surface area (Å²) in [6.07, 6.45) is 7.26. The van der Waals surface area contributed by atoms with Crippen LogP contribution >= 0.6 is 0 Å². The van der Waals surface area contributed by atoms with Crippen LogP contribution in [-0.2, 0) is 6.54 Å². The summed E-state index contributed by atoms with van der Waals surface area (Å²) in [5.41, 5.74) is 1.01. The first-order valence-corrected chi connectivity index (χ1v) is 7.12. The van der Waals surface area contributed by atoms with E-state index in [4.69, 9.17) is 0 Å². The van der Waals surface area contributed by atoms with Gasteiger partial charge in [0, 0.05) is 25.4 Å². The fourth-order valence-corrected chi connectivity index (χ4v) is 2.42. The van der Waals surface area contributed by atoms with Gasteiger partial charge in [0.15, 0.2) is 0 Å². The summed E-state index contributed by atoms with van der Waals surface area (Å²) < 4.78 is 0. The molecule has 0 amide bonds. The Morgan fingerprint density at radius 3 is 2.75 bits per heavy atom. The maximum Gasteiger partial charge on any atom is 0.134 e. The fourth-order valence-electron chi connectivity index (χ4n) is 2.42. The van der Waals surface area contributed by atoms with Crippen molar-refractivity contribution in [3.63, 3.8) is 0 Å². The molecule has 3 heterocycles. The summed E-state index contributed by atoms with van der Waals surface area (Å²) in [5.74, 6) is 1.87. The summed E-state index contributed by atoms with van der Waals surface area (Å²) in [6.45, 7) is 2.87. The van der Waals surface area contributed by atoms with Gasteiger partial charge in [-0.2, -0.15) is 0 Å². The first kappa shape index (κ1) is 12.8. The van der Waals surface area contributed by atoms with Crippen LogP contribution < -0.4 is 10.2 Å². The molecular weight excluding hydrogens is 250 g/mol. The number of pyridine rings is 1. The van der Waals surface area contributed by atoms with E-state index in [1.165, 1.54) is 19.3 Å². The number of hydrogen-bond acceptors (Lipinski definition) is 5. The minimum Gasteiger partial charge on any atom is -0.364 e. The average molecular weight is 269 g/mol. The molecule has 1 saturated heterocycles. The highest BCUT2D eigenvalue weighted by atomic mass is 15.2. The van der Waals surface area contributed by atoms with Crippen LogP contribution in [0.3, 0.4) is 0 Å². The molecule has 0 aliphatic carbocycles. The molecule has 0 bridgehead atoms. The lowest BCUT2D eigenvalue weighted by molar-refractivity contribution is 0.573. The second-order valence-corrected chi connectivity index (χ2v) is 4.98. The number of aromatic nitrogens is 3. The topological polar surface area (TPSA) is 53.9 Å². The molecule has 20 heavy (non-hydrogen) atoms. The van der Waals surface area contributed by atoms with Gasteiger partial charge in [-0.05, 0) is 31.4 Å². The van der Waals surface area contributed by atoms with Gasteiger partial charge in [-0.1, -0.05) is 6.07 Å². The summed E-state index contributed by atoms with van der Waals surface area (Å²) in [7, 11) is 0. The molecular formula is C15H19N5. The zero-order valence-corrected chi connectivity index (χ0v) is 11.5. The summed E-state index contributed by atoms with van der Waals surface area (Å²) in [4.78, 5) is 15.3. The molecule has 0 radical (unpaired) electrons. The van der Waals surface area contributed by atoms with Gasteiger partial charge in [0.05, 0.1) is 12.2 Å². The van der Waals surface area contributed by atoms with Crippen molar-refractivity contribution < 1.29 is 0 Å². The van der Waals surface area contributed by atoms with Crippen molar-refractivity contribution in [1.29, 1.82) is 0 Å². The number of rotatable bonds is 4. The zero-order chi connectivity index (χ0) is 13.6. The molecule has 104 valence electrons. The van der Waals surface area contributed by atoms with E-state index in [0.29, 0.717) is 6.54 Å². The minimum absolute atomic E-state index is 0.678. The molecule has 1 aliphatic heterocycles. The maximum absolute atomic E-state index is 4.38. The van der Waals surface area contributed by atoms with E-state index in [1.54, 1.807) is 12.5 Å². The van der Waals surface area contributed by atoms with Gasteiger partial charge in [0.2, 0.25) is 0 Å². The molecule has 1 N–H and O–H groups in total. The highest BCUT2D eigenvalue weighted by Crippen LogP contribution is 2.19. The first-order valence-electron chi connectivity index (χ1n) is 7.12. The maximum atomic E-state index is 4.38. The van der Waals surface area contributed by atoms with Gasteiger partial charge < -0.3 is 10.2 Å². The lowest BCUT2D eigenvalue weighted by atomic mass is 10.1. The number of anilines is 2. The number of hydrogen-bond donors (Lipinski definition) is 1. The van der Waals surface area contributed by atoms with Crippen LogP contribution in [0.25, 0.3) is 0 Å². The smallest absolute Gasteiger partial charge is 0.134 e. The Labute approximate surface area is 119 Å². The molecule has 0 aromatic carbocycles. The van der Waals surface area contributed by atoms with Gasteiger partial charge in [-0.25, -0.2) is 9.97 Å². The van der Waals surface area contributed by atoms with Crippen molar-refractivity contribution in [1.82, 2.24) is 15.0 Å². The Balaban J connectivity index is 1.65. The highest BCUT2D eigenvalue weighted by molar-refractivity contribution is 5.48. The number of nitrogens with zero attached hydrogens (tertiary/aromatic N) is 4. The molecule has 0 spiro atoms. The van der Waals surface area contributed by atoms with Crippen molar-refractivity contribution in [3.8, 4) is 0 Å².